The Labute approximate surface area is 114 Å². The Morgan fingerprint density at radius 1 is 1.11 bits per heavy atom. The average molecular weight is 269 g/mol. The van der Waals surface area contributed by atoms with E-state index in [-0.39, 0.29) is 23.8 Å². The molecule has 3 fully saturated rings. The Kier molecular flexibility index (Phi) is 4.05. The van der Waals surface area contributed by atoms with Gasteiger partial charge >= 0.3 is 0 Å². The lowest BCUT2D eigenvalue weighted by Crippen LogP contribution is -2.44. The van der Waals surface area contributed by atoms with E-state index in [4.69, 9.17) is 14.2 Å². The highest BCUT2D eigenvalue weighted by Crippen LogP contribution is 2.35. The minimum atomic E-state index is -0.338. The van der Waals surface area contributed by atoms with Crippen LogP contribution in [0.4, 0.5) is 0 Å². The normalized spacial score (nSPS) is 30.8. The van der Waals surface area contributed by atoms with E-state index in [0.29, 0.717) is 19.6 Å². The monoisotopic (exact) mass is 269 g/mol. The number of carbonyl (C=O) groups excluding carboxylic acids is 1. The van der Waals surface area contributed by atoms with Crippen LogP contribution in [0, 0.1) is 0 Å². The zero-order valence-corrected chi connectivity index (χ0v) is 11.4. The van der Waals surface area contributed by atoms with Gasteiger partial charge in [0.1, 0.15) is 0 Å². The summed E-state index contributed by atoms with van der Waals surface area (Å²) in [7, 11) is 0. The fourth-order valence-corrected chi connectivity index (χ4v) is 3.29. The van der Waals surface area contributed by atoms with Gasteiger partial charge in [-0.25, -0.2) is 0 Å². The van der Waals surface area contributed by atoms with Crippen molar-refractivity contribution in [3.8, 4) is 0 Å². The van der Waals surface area contributed by atoms with Crippen molar-refractivity contribution >= 4 is 5.91 Å². The van der Waals surface area contributed by atoms with Gasteiger partial charge in [-0.05, 0) is 25.7 Å². The first-order valence-corrected chi connectivity index (χ1v) is 7.45. The lowest BCUT2D eigenvalue weighted by atomic mass is 9.90. The van der Waals surface area contributed by atoms with Crippen LogP contribution in [0.3, 0.4) is 0 Å². The van der Waals surface area contributed by atoms with Gasteiger partial charge in [0.15, 0.2) is 5.79 Å². The van der Waals surface area contributed by atoms with Crippen LogP contribution in [0.5, 0.6) is 0 Å². The molecule has 0 bridgehead atoms. The molecular formula is C14H23NO4. The van der Waals surface area contributed by atoms with Crippen molar-refractivity contribution in [2.24, 2.45) is 0 Å². The SMILES string of the molecule is O=C(CC1CCCO1)NC1CCC2(CC1)OCCO2. The summed E-state index contributed by atoms with van der Waals surface area (Å²) in [5.74, 6) is -0.211. The predicted molar refractivity (Wildman–Crippen MR) is 68.6 cm³/mol. The number of hydrogen-bond donors (Lipinski definition) is 1. The van der Waals surface area contributed by atoms with Gasteiger partial charge in [0.2, 0.25) is 5.91 Å². The van der Waals surface area contributed by atoms with Crippen molar-refractivity contribution in [2.45, 2.75) is 62.9 Å². The lowest BCUT2D eigenvalue weighted by molar-refractivity contribution is -0.180. The highest BCUT2D eigenvalue weighted by molar-refractivity contribution is 5.76. The molecule has 1 unspecified atom stereocenters. The van der Waals surface area contributed by atoms with Crippen molar-refractivity contribution < 1.29 is 19.0 Å². The van der Waals surface area contributed by atoms with E-state index < -0.39 is 0 Å². The third kappa shape index (κ3) is 3.27. The minimum absolute atomic E-state index is 0.126. The topological polar surface area (TPSA) is 56.8 Å². The molecular weight excluding hydrogens is 246 g/mol. The molecule has 2 heterocycles. The summed E-state index contributed by atoms with van der Waals surface area (Å²) in [5, 5.41) is 3.12. The first-order valence-electron chi connectivity index (χ1n) is 7.45. The highest BCUT2D eigenvalue weighted by Gasteiger charge is 2.40. The van der Waals surface area contributed by atoms with E-state index in [2.05, 4.69) is 5.32 Å². The molecule has 0 aromatic carbocycles. The molecule has 5 heteroatoms. The number of carbonyl (C=O) groups is 1. The molecule has 2 aliphatic heterocycles. The van der Waals surface area contributed by atoms with Crippen molar-refractivity contribution in [2.75, 3.05) is 19.8 Å². The van der Waals surface area contributed by atoms with Crippen LogP contribution in [0.2, 0.25) is 0 Å². The first kappa shape index (κ1) is 13.3. The predicted octanol–water partition coefficient (Wildman–Crippen LogP) is 1.36. The van der Waals surface area contributed by atoms with Crippen molar-refractivity contribution in [1.82, 2.24) is 5.32 Å². The maximum atomic E-state index is 11.9. The Balaban J connectivity index is 1.40. The molecule has 1 N–H and O–H groups in total. The van der Waals surface area contributed by atoms with Crippen LogP contribution >= 0.6 is 0 Å². The van der Waals surface area contributed by atoms with Gasteiger partial charge in [0, 0.05) is 25.5 Å². The highest BCUT2D eigenvalue weighted by atomic mass is 16.7. The van der Waals surface area contributed by atoms with E-state index in [1.807, 2.05) is 0 Å². The van der Waals surface area contributed by atoms with E-state index >= 15 is 0 Å². The Bertz CT molecular complexity index is 311. The summed E-state index contributed by atoms with van der Waals surface area (Å²) in [6.07, 6.45) is 6.40. The van der Waals surface area contributed by atoms with Gasteiger partial charge in [-0.1, -0.05) is 0 Å². The summed E-state index contributed by atoms with van der Waals surface area (Å²) in [4.78, 5) is 11.9. The molecule has 2 saturated heterocycles. The summed E-state index contributed by atoms with van der Waals surface area (Å²) in [5.41, 5.74) is 0. The van der Waals surface area contributed by atoms with Crippen LogP contribution in [0.15, 0.2) is 0 Å². The van der Waals surface area contributed by atoms with E-state index in [1.54, 1.807) is 0 Å². The Hall–Kier alpha value is -0.650. The molecule has 1 spiro atoms. The fraction of sp³-hybridized carbons (Fsp3) is 0.929. The van der Waals surface area contributed by atoms with Gasteiger partial charge in [-0.15, -0.1) is 0 Å². The molecule has 1 atom stereocenters. The molecule has 1 aliphatic carbocycles. The molecule has 1 saturated carbocycles. The smallest absolute Gasteiger partial charge is 0.222 e. The molecule has 0 aromatic heterocycles. The number of amides is 1. The van der Waals surface area contributed by atoms with Gasteiger partial charge < -0.3 is 19.5 Å². The van der Waals surface area contributed by atoms with E-state index in [9.17, 15) is 4.79 Å². The van der Waals surface area contributed by atoms with Crippen molar-refractivity contribution in [1.29, 1.82) is 0 Å². The molecule has 0 aromatic rings. The number of ether oxygens (including phenoxy) is 3. The molecule has 1 amide bonds. The maximum absolute atomic E-state index is 11.9. The summed E-state index contributed by atoms with van der Waals surface area (Å²) >= 11 is 0. The van der Waals surface area contributed by atoms with Crippen LogP contribution in [-0.2, 0) is 19.0 Å². The summed E-state index contributed by atoms with van der Waals surface area (Å²) in [6, 6.07) is 0.271. The largest absolute Gasteiger partial charge is 0.378 e. The first-order chi connectivity index (χ1) is 9.26. The van der Waals surface area contributed by atoms with Crippen LogP contribution in [0.25, 0.3) is 0 Å². The van der Waals surface area contributed by atoms with E-state index in [1.165, 1.54) is 0 Å². The van der Waals surface area contributed by atoms with Crippen molar-refractivity contribution in [3.63, 3.8) is 0 Å². The summed E-state index contributed by atoms with van der Waals surface area (Å²) < 4.78 is 16.9. The Morgan fingerprint density at radius 2 is 1.84 bits per heavy atom. The van der Waals surface area contributed by atoms with Gasteiger partial charge in [0.05, 0.1) is 25.7 Å². The van der Waals surface area contributed by atoms with Gasteiger partial charge in [-0.2, -0.15) is 0 Å². The second-order valence-corrected chi connectivity index (χ2v) is 5.79. The molecule has 5 nitrogen and oxygen atoms in total. The minimum Gasteiger partial charge on any atom is -0.378 e. The Morgan fingerprint density at radius 3 is 2.47 bits per heavy atom. The zero-order valence-electron chi connectivity index (χ0n) is 11.4. The molecule has 3 aliphatic rings. The maximum Gasteiger partial charge on any atom is 0.222 e. The third-order valence-corrected chi connectivity index (χ3v) is 4.36. The standard InChI is InChI=1S/C14H23NO4/c16-13(10-12-2-1-7-17-12)15-11-3-5-14(6-4-11)18-8-9-19-14/h11-12H,1-10H2,(H,15,16). The quantitative estimate of drug-likeness (QED) is 0.840. The number of hydrogen-bond acceptors (Lipinski definition) is 4. The molecule has 0 radical (unpaired) electrons. The lowest BCUT2D eigenvalue weighted by Gasteiger charge is -2.35. The number of nitrogens with one attached hydrogen (secondary N) is 1. The summed E-state index contributed by atoms with van der Waals surface area (Å²) in [6.45, 7) is 2.21. The van der Waals surface area contributed by atoms with E-state index in [0.717, 1.165) is 45.1 Å². The molecule has 3 rings (SSSR count). The average Bonchev–Trinajstić information content (AvgIpc) is 3.05. The van der Waals surface area contributed by atoms with Gasteiger partial charge in [-0.3, -0.25) is 4.79 Å². The van der Waals surface area contributed by atoms with Crippen LogP contribution in [-0.4, -0.2) is 43.7 Å². The second-order valence-electron chi connectivity index (χ2n) is 5.79. The van der Waals surface area contributed by atoms with Crippen LogP contribution < -0.4 is 5.32 Å². The van der Waals surface area contributed by atoms with Gasteiger partial charge in [0.25, 0.3) is 0 Å². The second kappa shape index (κ2) is 5.77. The zero-order chi connectivity index (χ0) is 13.1. The van der Waals surface area contributed by atoms with Crippen LogP contribution in [0.1, 0.15) is 44.9 Å². The number of rotatable bonds is 3. The van der Waals surface area contributed by atoms with Crippen molar-refractivity contribution in [3.05, 3.63) is 0 Å². The molecule has 108 valence electrons. The molecule has 19 heavy (non-hydrogen) atoms. The fourth-order valence-electron chi connectivity index (χ4n) is 3.29. The third-order valence-electron chi connectivity index (χ3n) is 4.36.